The summed E-state index contributed by atoms with van der Waals surface area (Å²) in [5.41, 5.74) is 4.44. The van der Waals surface area contributed by atoms with Gasteiger partial charge in [0.1, 0.15) is 5.82 Å². The molecule has 0 aliphatic carbocycles. The fraction of sp³-hybridized carbons (Fsp3) is 0.154. The number of nitrogens with zero attached hydrogens (tertiary/aromatic N) is 1. The predicted molar refractivity (Wildman–Crippen MR) is 133 cm³/mol. The minimum atomic E-state index is -0.573. The van der Waals surface area contributed by atoms with E-state index in [9.17, 15) is 9.18 Å². The lowest BCUT2D eigenvalue weighted by molar-refractivity contribution is 0.0977. The van der Waals surface area contributed by atoms with Crippen LogP contribution >= 0.6 is 11.6 Å². The van der Waals surface area contributed by atoms with Gasteiger partial charge in [0.15, 0.2) is 0 Å². The molecule has 0 fully saturated rings. The number of hydrogen-bond donors (Lipinski definition) is 3. The zero-order valence-corrected chi connectivity index (χ0v) is 18.9. The van der Waals surface area contributed by atoms with E-state index in [1.807, 2.05) is 48.7 Å². The molecule has 0 radical (unpaired) electrons. The van der Waals surface area contributed by atoms with Crippen molar-refractivity contribution in [2.75, 3.05) is 11.9 Å². The first-order chi connectivity index (χ1) is 16.0. The van der Waals surface area contributed by atoms with Crippen molar-refractivity contribution in [1.29, 1.82) is 0 Å². The van der Waals surface area contributed by atoms with E-state index in [4.69, 9.17) is 11.6 Å². The number of benzene rings is 3. The zero-order valence-electron chi connectivity index (χ0n) is 18.2. The highest BCUT2D eigenvalue weighted by atomic mass is 35.5. The minimum Gasteiger partial charge on any atom is -0.361 e. The van der Waals surface area contributed by atoms with E-state index in [0.717, 1.165) is 34.1 Å². The Hall–Kier alpha value is -3.64. The summed E-state index contributed by atoms with van der Waals surface area (Å²) in [6, 6.07) is 19.8. The Bertz CT molecular complexity index is 1310. The van der Waals surface area contributed by atoms with Crippen LogP contribution in [0.5, 0.6) is 0 Å². The van der Waals surface area contributed by atoms with Crippen molar-refractivity contribution >= 4 is 40.1 Å². The molecule has 0 saturated carbocycles. The summed E-state index contributed by atoms with van der Waals surface area (Å²) in [4.78, 5) is 20.7. The Balaban J connectivity index is 1.55. The number of amides is 1. The Morgan fingerprint density at radius 1 is 1.06 bits per heavy atom. The van der Waals surface area contributed by atoms with E-state index in [1.54, 1.807) is 0 Å². The summed E-state index contributed by atoms with van der Waals surface area (Å²) in [7, 11) is 0. The van der Waals surface area contributed by atoms with E-state index < -0.39 is 11.7 Å². The van der Waals surface area contributed by atoms with Crippen LogP contribution in [0.4, 0.5) is 10.1 Å². The smallest absolute Gasteiger partial charge is 0.258 e. The first-order valence-electron chi connectivity index (χ1n) is 10.8. The average Bonchev–Trinajstić information content (AvgIpc) is 3.24. The molecule has 0 spiro atoms. The lowest BCUT2D eigenvalue weighted by atomic mass is 10.1. The molecule has 168 valence electrons. The van der Waals surface area contributed by atoms with Crippen molar-refractivity contribution in [3.8, 4) is 0 Å². The number of hydrogen-bond acceptors (Lipinski definition) is 2. The van der Waals surface area contributed by atoms with Crippen LogP contribution in [0.3, 0.4) is 0 Å². The zero-order chi connectivity index (χ0) is 23.2. The summed E-state index contributed by atoms with van der Waals surface area (Å²) in [5, 5.41) is 7.10. The van der Waals surface area contributed by atoms with E-state index in [2.05, 4.69) is 33.6 Å². The fourth-order valence-electron chi connectivity index (χ4n) is 3.63. The van der Waals surface area contributed by atoms with Crippen LogP contribution < -0.4 is 10.6 Å². The first-order valence-corrected chi connectivity index (χ1v) is 11.1. The van der Waals surface area contributed by atoms with Crippen LogP contribution in [0.15, 0.2) is 77.9 Å². The first kappa shape index (κ1) is 22.6. The summed E-state index contributed by atoms with van der Waals surface area (Å²) >= 11 is 5.85. The maximum Gasteiger partial charge on any atom is 0.258 e. The quantitative estimate of drug-likeness (QED) is 0.244. The summed E-state index contributed by atoms with van der Waals surface area (Å²) in [6.45, 7) is 2.52. The third-order valence-corrected chi connectivity index (χ3v) is 5.68. The number of aliphatic imine (C=N–C) groups is 1. The van der Waals surface area contributed by atoms with Crippen LogP contribution in [0.2, 0.25) is 5.02 Å². The summed E-state index contributed by atoms with van der Waals surface area (Å²) < 4.78 is 13.5. The number of aryl methyl sites for hydroxylation is 1. The molecule has 3 aromatic carbocycles. The number of aromatic amines is 1. The molecule has 0 bridgehead atoms. The number of halogens is 2. The molecule has 7 heteroatoms. The van der Waals surface area contributed by atoms with Gasteiger partial charge in [-0.05, 0) is 54.3 Å². The van der Waals surface area contributed by atoms with Crippen LogP contribution in [0.25, 0.3) is 10.9 Å². The third-order valence-electron chi connectivity index (χ3n) is 5.39. The molecule has 0 unspecified atom stereocenters. The molecule has 0 aliphatic heterocycles. The number of carbonyl (C=O) groups is 1. The van der Waals surface area contributed by atoms with Gasteiger partial charge >= 0.3 is 0 Å². The second-order valence-electron chi connectivity index (χ2n) is 7.56. The highest BCUT2D eigenvalue weighted by Crippen LogP contribution is 2.19. The second-order valence-corrected chi connectivity index (χ2v) is 7.97. The Morgan fingerprint density at radius 2 is 1.85 bits per heavy atom. The molecule has 1 heterocycles. The topological polar surface area (TPSA) is 69.3 Å². The highest BCUT2D eigenvalue weighted by molar-refractivity contribution is 6.31. The molecule has 0 aliphatic rings. The van der Waals surface area contributed by atoms with Gasteiger partial charge in [-0.25, -0.2) is 4.39 Å². The second kappa shape index (κ2) is 10.3. The van der Waals surface area contributed by atoms with Gasteiger partial charge in [-0.2, -0.15) is 0 Å². The normalized spacial score (nSPS) is 11.5. The lowest BCUT2D eigenvalue weighted by Gasteiger charge is -2.14. The number of H-pyrrole nitrogens is 1. The van der Waals surface area contributed by atoms with E-state index >= 15 is 0 Å². The van der Waals surface area contributed by atoms with Crippen molar-refractivity contribution in [1.82, 2.24) is 10.3 Å². The molecule has 3 N–H and O–H groups in total. The van der Waals surface area contributed by atoms with Gasteiger partial charge in [0.05, 0.1) is 5.02 Å². The Labute approximate surface area is 196 Å². The molecule has 1 aromatic heterocycles. The van der Waals surface area contributed by atoms with E-state index in [1.165, 1.54) is 18.2 Å². The van der Waals surface area contributed by atoms with Crippen molar-refractivity contribution in [3.05, 3.63) is 100 Å². The number of para-hydroxylation sites is 2. The molecule has 5 nitrogen and oxygen atoms in total. The van der Waals surface area contributed by atoms with Crippen molar-refractivity contribution < 1.29 is 9.18 Å². The van der Waals surface area contributed by atoms with E-state index in [-0.39, 0.29) is 10.6 Å². The van der Waals surface area contributed by atoms with Crippen LogP contribution in [-0.2, 0) is 12.8 Å². The van der Waals surface area contributed by atoms with Crippen molar-refractivity contribution in [3.63, 3.8) is 0 Å². The standard InChI is InChI=1S/C26H24ClFN4O/c1-2-17-7-3-5-9-23(17)31-26(32-25(33)18-11-12-22(28)21(27)15-18)29-14-13-19-16-30-24-10-6-4-8-20(19)24/h3-12,15-16,30H,2,13-14H2,1H3,(H2,29,31,32,33). The molecule has 0 saturated heterocycles. The number of anilines is 1. The largest absolute Gasteiger partial charge is 0.361 e. The van der Waals surface area contributed by atoms with Gasteiger partial charge in [-0.15, -0.1) is 0 Å². The van der Waals surface area contributed by atoms with Gasteiger partial charge in [0.2, 0.25) is 5.96 Å². The van der Waals surface area contributed by atoms with E-state index in [0.29, 0.717) is 18.9 Å². The van der Waals surface area contributed by atoms with Crippen molar-refractivity contribution in [2.45, 2.75) is 19.8 Å². The summed E-state index contributed by atoms with van der Waals surface area (Å²) in [5.74, 6) is -0.679. The number of nitrogens with one attached hydrogen (secondary N) is 3. The fourth-order valence-corrected chi connectivity index (χ4v) is 3.81. The predicted octanol–water partition coefficient (Wildman–Crippen LogP) is 5.96. The van der Waals surface area contributed by atoms with Crippen LogP contribution in [0.1, 0.15) is 28.4 Å². The molecular weight excluding hydrogens is 439 g/mol. The van der Waals surface area contributed by atoms with Gasteiger partial charge in [0, 0.05) is 34.9 Å². The maximum absolute atomic E-state index is 13.5. The number of carbonyl (C=O) groups excluding carboxylic acids is 1. The lowest BCUT2D eigenvalue weighted by Crippen LogP contribution is -2.36. The Kier molecular flexibility index (Phi) is 7.05. The van der Waals surface area contributed by atoms with Gasteiger partial charge in [0.25, 0.3) is 5.91 Å². The van der Waals surface area contributed by atoms with Crippen LogP contribution in [0, 0.1) is 5.82 Å². The third kappa shape index (κ3) is 5.41. The molecule has 1 amide bonds. The number of rotatable bonds is 6. The number of aromatic nitrogens is 1. The highest BCUT2D eigenvalue weighted by Gasteiger charge is 2.13. The van der Waals surface area contributed by atoms with Crippen molar-refractivity contribution in [2.24, 2.45) is 4.99 Å². The minimum absolute atomic E-state index is 0.107. The van der Waals surface area contributed by atoms with Crippen LogP contribution in [-0.4, -0.2) is 23.4 Å². The molecule has 4 aromatic rings. The number of guanidine groups is 1. The molecule has 0 atom stereocenters. The van der Waals surface area contributed by atoms with Gasteiger partial charge in [-0.1, -0.05) is 54.9 Å². The van der Waals surface area contributed by atoms with Gasteiger partial charge < -0.3 is 10.3 Å². The number of fused-ring (bicyclic) bond motifs is 1. The maximum atomic E-state index is 13.5. The van der Waals surface area contributed by atoms with Gasteiger partial charge in [-0.3, -0.25) is 15.1 Å². The molecule has 33 heavy (non-hydrogen) atoms. The Morgan fingerprint density at radius 3 is 2.67 bits per heavy atom. The molecule has 4 rings (SSSR count). The SMILES string of the molecule is CCc1ccccc1NC(=NCCc1c[nH]c2ccccc12)NC(=O)c1ccc(F)c(Cl)c1. The average molecular weight is 463 g/mol. The summed E-state index contributed by atoms with van der Waals surface area (Å²) in [6.07, 6.45) is 3.51. The molecular formula is C26H24ClFN4O. The monoisotopic (exact) mass is 462 g/mol.